The molecule has 3 unspecified atom stereocenters. The van der Waals surface area contributed by atoms with Crippen LogP contribution in [0.25, 0.3) is 0 Å². The molecule has 2 fully saturated rings. The number of nitrogens with zero attached hydrogens (tertiary/aromatic N) is 2. The number of piperidine rings is 1. The molecule has 8 heteroatoms. The minimum absolute atomic E-state index is 0.264. The van der Waals surface area contributed by atoms with E-state index < -0.39 is 10.0 Å². The van der Waals surface area contributed by atoms with E-state index in [-0.39, 0.29) is 6.29 Å². The van der Waals surface area contributed by atoms with Crippen LogP contribution in [0.1, 0.15) is 38.2 Å². The maximum Gasteiger partial charge on any atom is 0.211 e. The highest BCUT2D eigenvalue weighted by Gasteiger charge is 2.28. The molecule has 0 N–H and O–H groups in total. The van der Waals surface area contributed by atoms with Crippen LogP contribution in [-0.4, -0.2) is 70.0 Å². The first-order chi connectivity index (χ1) is 14.2. The van der Waals surface area contributed by atoms with Gasteiger partial charge in [-0.3, -0.25) is 0 Å². The van der Waals surface area contributed by atoms with Crippen molar-refractivity contribution in [1.29, 1.82) is 0 Å². The van der Waals surface area contributed by atoms with Crippen molar-refractivity contribution in [3.8, 4) is 5.75 Å². The average molecular weight is 504 g/mol. The fraction of sp³-hybridized carbons (Fsp3) is 0.727. The first-order valence-electron chi connectivity index (χ1n) is 10.9. The van der Waals surface area contributed by atoms with Crippen molar-refractivity contribution in [3.05, 3.63) is 28.2 Å². The topological polar surface area (TPSA) is 59.1 Å². The highest BCUT2D eigenvalue weighted by Crippen LogP contribution is 2.29. The van der Waals surface area contributed by atoms with E-state index in [4.69, 9.17) is 9.47 Å². The molecule has 0 aromatic heterocycles. The van der Waals surface area contributed by atoms with Gasteiger partial charge in [0.05, 0.1) is 6.26 Å². The zero-order valence-corrected chi connectivity index (χ0v) is 20.8. The summed E-state index contributed by atoms with van der Waals surface area (Å²) in [5, 5.41) is 0. The molecule has 0 spiro atoms. The van der Waals surface area contributed by atoms with Crippen molar-refractivity contribution >= 4 is 26.0 Å². The molecule has 1 aromatic rings. The lowest BCUT2D eigenvalue weighted by Gasteiger charge is -2.31. The van der Waals surface area contributed by atoms with Crippen molar-refractivity contribution in [2.75, 3.05) is 46.1 Å². The van der Waals surface area contributed by atoms with Gasteiger partial charge < -0.3 is 14.4 Å². The monoisotopic (exact) mass is 502 g/mol. The Morgan fingerprint density at radius 2 is 2.00 bits per heavy atom. The Kier molecular flexibility index (Phi) is 8.61. The summed E-state index contributed by atoms with van der Waals surface area (Å²) in [6.45, 7) is 6.56. The molecule has 0 radical (unpaired) electrons. The van der Waals surface area contributed by atoms with Crippen LogP contribution in [0.2, 0.25) is 0 Å². The first kappa shape index (κ1) is 24.0. The van der Waals surface area contributed by atoms with Gasteiger partial charge in [0, 0.05) is 31.2 Å². The van der Waals surface area contributed by atoms with Crippen LogP contribution < -0.4 is 4.74 Å². The summed E-state index contributed by atoms with van der Waals surface area (Å²) >= 11 is 3.69. The molecule has 0 bridgehead atoms. The highest BCUT2D eigenvalue weighted by molar-refractivity contribution is 9.10. The molecule has 0 saturated carbocycles. The second-order valence-corrected chi connectivity index (χ2v) is 11.6. The lowest BCUT2D eigenvalue weighted by Crippen LogP contribution is -2.40. The molecule has 0 aliphatic carbocycles. The van der Waals surface area contributed by atoms with Crippen LogP contribution in [0.5, 0.6) is 5.75 Å². The summed E-state index contributed by atoms with van der Waals surface area (Å²) in [5.41, 5.74) is 1.28. The van der Waals surface area contributed by atoms with Crippen molar-refractivity contribution in [2.24, 2.45) is 11.8 Å². The van der Waals surface area contributed by atoms with Crippen LogP contribution in [0.3, 0.4) is 0 Å². The van der Waals surface area contributed by atoms with E-state index in [1.807, 2.05) is 13.0 Å². The van der Waals surface area contributed by atoms with Crippen LogP contribution in [0.4, 0.5) is 0 Å². The second kappa shape index (κ2) is 10.8. The molecule has 30 heavy (non-hydrogen) atoms. The summed E-state index contributed by atoms with van der Waals surface area (Å²) < 4.78 is 37.4. The molecule has 3 atom stereocenters. The van der Waals surface area contributed by atoms with Crippen LogP contribution in [0.15, 0.2) is 22.7 Å². The number of ether oxygens (including phenoxy) is 2. The molecule has 2 aliphatic rings. The molecule has 3 rings (SSSR count). The average Bonchev–Trinajstić information content (AvgIpc) is 3.16. The van der Waals surface area contributed by atoms with E-state index in [1.165, 1.54) is 18.2 Å². The van der Waals surface area contributed by atoms with E-state index in [0.717, 1.165) is 55.5 Å². The van der Waals surface area contributed by atoms with Gasteiger partial charge in [-0.05, 0) is 87.7 Å². The third kappa shape index (κ3) is 6.92. The van der Waals surface area contributed by atoms with Gasteiger partial charge in [0.15, 0.2) is 6.29 Å². The Balaban J connectivity index is 1.47. The summed E-state index contributed by atoms with van der Waals surface area (Å²) in [6.07, 6.45) is 6.50. The number of hydrogen-bond acceptors (Lipinski definition) is 5. The molecule has 1 aromatic carbocycles. The molecule has 170 valence electrons. The Bertz CT molecular complexity index is 804. The molecule has 6 nitrogen and oxygen atoms in total. The summed E-state index contributed by atoms with van der Waals surface area (Å²) in [4.78, 5) is 2.55. The largest absolute Gasteiger partial charge is 0.465 e. The first-order valence-corrected chi connectivity index (χ1v) is 13.5. The predicted octanol–water partition coefficient (Wildman–Crippen LogP) is 3.75. The molecule has 2 heterocycles. The van der Waals surface area contributed by atoms with Gasteiger partial charge in [0.25, 0.3) is 0 Å². The normalized spacial score (nSPS) is 24.8. The van der Waals surface area contributed by atoms with Crippen LogP contribution >= 0.6 is 15.9 Å². The van der Waals surface area contributed by atoms with Gasteiger partial charge in [-0.25, -0.2) is 12.7 Å². The third-order valence-corrected chi connectivity index (χ3v) is 8.38. The summed E-state index contributed by atoms with van der Waals surface area (Å²) in [7, 11) is -1.42. The van der Waals surface area contributed by atoms with Gasteiger partial charge in [0.2, 0.25) is 10.0 Å². The van der Waals surface area contributed by atoms with Gasteiger partial charge >= 0.3 is 0 Å². The van der Waals surface area contributed by atoms with Crippen molar-refractivity contribution in [1.82, 2.24) is 9.21 Å². The Morgan fingerprint density at radius 3 is 2.73 bits per heavy atom. The number of likely N-dealkylation sites (tertiary alicyclic amines) is 1. The molecular formula is C22H35BrN2O4S. The summed E-state index contributed by atoms with van der Waals surface area (Å²) in [5.74, 6) is 1.96. The minimum atomic E-state index is -3.06. The number of rotatable bonds is 9. The van der Waals surface area contributed by atoms with Crippen molar-refractivity contribution < 1.29 is 17.9 Å². The van der Waals surface area contributed by atoms with E-state index in [2.05, 4.69) is 33.0 Å². The molecule has 0 amide bonds. The third-order valence-electron chi connectivity index (χ3n) is 6.33. The van der Waals surface area contributed by atoms with Crippen molar-refractivity contribution in [3.63, 3.8) is 0 Å². The number of sulfonamides is 1. The standard InChI is InChI=1S/C22H35BrN2O4S/c1-17(28-2)29-21-6-7-22(23)20(14-21)13-19-9-12-24(15-19)11-8-18-5-4-10-25(16-18)30(3,26)27/h6-7,14,17-19H,4-5,8-13,15-16H2,1-3H3. The maximum atomic E-state index is 11.8. The van der Waals surface area contributed by atoms with Crippen molar-refractivity contribution in [2.45, 2.75) is 45.3 Å². The lowest BCUT2D eigenvalue weighted by molar-refractivity contribution is -0.0383. The zero-order chi connectivity index (χ0) is 21.7. The number of methoxy groups -OCH3 is 1. The highest BCUT2D eigenvalue weighted by atomic mass is 79.9. The van der Waals surface area contributed by atoms with E-state index in [0.29, 0.717) is 24.9 Å². The van der Waals surface area contributed by atoms with E-state index >= 15 is 0 Å². The quantitative estimate of drug-likeness (QED) is 0.481. The molecule has 2 aliphatic heterocycles. The number of halogens is 1. The maximum absolute atomic E-state index is 11.8. The fourth-order valence-corrected chi connectivity index (χ4v) is 5.89. The molecular weight excluding hydrogens is 468 g/mol. The predicted molar refractivity (Wildman–Crippen MR) is 123 cm³/mol. The van der Waals surface area contributed by atoms with Gasteiger partial charge in [-0.15, -0.1) is 0 Å². The van der Waals surface area contributed by atoms with Gasteiger partial charge in [-0.2, -0.15) is 0 Å². The lowest BCUT2D eigenvalue weighted by atomic mass is 9.96. The van der Waals surface area contributed by atoms with Crippen LogP contribution in [0, 0.1) is 11.8 Å². The van der Waals surface area contributed by atoms with Gasteiger partial charge in [0.1, 0.15) is 5.75 Å². The number of hydrogen-bond donors (Lipinski definition) is 0. The second-order valence-electron chi connectivity index (χ2n) is 8.75. The van der Waals surface area contributed by atoms with Gasteiger partial charge in [-0.1, -0.05) is 15.9 Å². The minimum Gasteiger partial charge on any atom is -0.465 e. The van der Waals surface area contributed by atoms with Crippen LogP contribution in [-0.2, 0) is 21.2 Å². The zero-order valence-electron chi connectivity index (χ0n) is 18.3. The number of benzene rings is 1. The van der Waals surface area contributed by atoms with E-state index in [1.54, 1.807) is 11.4 Å². The smallest absolute Gasteiger partial charge is 0.211 e. The summed E-state index contributed by atoms with van der Waals surface area (Å²) in [6, 6.07) is 6.13. The molecule has 2 saturated heterocycles. The Morgan fingerprint density at radius 1 is 1.20 bits per heavy atom. The fourth-order valence-electron chi connectivity index (χ4n) is 4.54. The Labute approximate surface area is 190 Å². The Hall–Kier alpha value is -0.670. The van der Waals surface area contributed by atoms with E-state index in [9.17, 15) is 8.42 Å². The SMILES string of the molecule is COC(C)Oc1ccc(Br)c(CC2CCN(CCC3CCCN(S(C)(=O)=O)C3)C2)c1.